The van der Waals surface area contributed by atoms with Crippen LogP contribution in [-0.4, -0.2) is 24.4 Å². The third kappa shape index (κ3) is 4.59. The highest BCUT2D eigenvalue weighted by Crippen LogP contribution is 2.27. The Morgan fingerprint density at radius 3 is 2.43 bits per heavy atom. The van der Waals surface area contributed by atoms with Gasteiger partial charge in [0.05, 0.1) is 6.54 Å². The molecule has 2 rings (SSSR count). The van der Waals surface area contributed by atoms with Gasteiger partial charge >= 0.3 is 0 Å². The minimum absolute atomic E-state index is 0.0896. The Morgan fingerprint density at radius 1 is 1.09 bits per heavy atom. The van der Waals surface area contributed by atoms with E-state index in [1.807, 2.05) is 37.4 Å². The molecule has 0 aliphatic carbocycles. The molecule has 1 N–H and O–H groups in total. The Hall–Kier alpha value is -2.29. The van der Waals surface area contributed by atoms with Crippen LogP contribution in [0.1, 0.15) is 36.5 Å². The second kappa shape index (κ2) is 7.82. The number of nitrogens with zero attached hydrogens (tertiary/aromatic N) is 1. The van der Waals surface area contributed by atoms with E-state index < -0.39 is 0 Å². The van der Waals surface area contributed by atoms with E-state index in [0.717, 1.165) is 11.3 Å². The summed E-state index contributed by atoms with van der Waals surface area (Å²) >= 11 is 0. The van der Waals surface area contributed by atoms with E-state index in [9.17, 15) is 4.79 Å². The maximum atomic E-state index is 12.4. The lowest BCUT2D eigenvalue weighted by Gasteiger charge is -2.20. The summed E-state index contributed by atoms with van der Waals surface area (Å²) in [6, 6.07) is 16.3. The van der Waals surface area contributed by atoms with Gasteiger partial charge < -0.3 is 10.2 Å². The molecule has 1 amide bonds. The van der Waals surface area contributed by atoms with E-state index in [2.05, 4.69) is 44.3 Å². The van der Waals surface area contributed by atoms with Crippen molar-refractivity contribution < 1.29 is 4.79 Å². The zero-order chi connectivity index (χ0) is 16.8. The van der Waals surface area contributed by atoms with Crippen LogP contribution in [0.3, 0.4) is 0 Å². The smallest absolute Gasteiger partial charge is 0.241 e. The fraction of sp³-hybridized carbons (Fsp3) is 0.350. The zero-order valence-electron chi connectivity index (χ0n) is 14.5. The number of amides is 1. The fourth-order valence-electron chi connectivity index (χ4n) is 2.66. The van der Waals surface area contributed by atoms with Crippen molar-refractivity contribution in [2.45, 2.75) is 33.2 Å². The maximum Gasteiger partial charge on any atom is 0.241 e. The molecule has 0 spiro atoms. The van der Waals surface area contributed by atoms with Crippen LogP contribution in [0.4, 0.5) is 5.69 Å². The van der Waals surface area contributed by atoms with E-state index in [4.69, 9.17) is 0 Å². The number of para-hydroxylation sites is 1. The lowest BCUT2D eigenvalue weighted by molar-refractivity contribution is -0.128. The van der Waals surface area contributed by atoms with Crippen molar-refractivity contribution in [3.63, 3.8) is 0 Å². The van der Waals surface area contributed by atoms with Gasteiger partial charge in [0.15, 0.2) is 0 Å². The van der Waals surface area contributed by atoms with E-state index >= 15 is 0 Å². The standard InChI is InChI=1S/C20H26N2O/c1-15(2)18-12-8-9-16(3)20(18)21-13-19(23)22(4)14-17-10-6-5-7-11-17/h5-12,15,21H,13-14H2,1-4H3. The Balaban J connectivity index is 1.99. The van der Waals surface area contributed by atoms with Gasteiger partial charge in [0.1, 0.15) is 0 Å². The molecule has 2 aromatic rings. The molecule has 0 radical (unpaired) electrons. The number of hydrogen-bond acceptors (Lipinski definition) is 2. The predicted octanol–water partition coefficient (Wildman–Crippen LogP) is 4.19. The first kappa shape index (κ1) is 17.1. The Morgan fingerprint density at radius 2 is 1.78 bits per heavy atom. The average molecular weight is 310 g/mol. The van der Waals surface area contributed by atoms with Gasteiger partial charge in [-0.15, -0.1) is 0 Å². The lowest BCUT2D eigenvalue weighted by Crippen LogP contribution is -2.32. The van der Waals surface area contributed by atoms with Crippen molar-refractivity contribution in [3.8, 4) is 0 Å². The molecule has 0 unspecified atom stereocenters. The first-order chi connectivity index (χ1) is 11.0. The molecule has 3 heteroatoms. The molecule has 0 fully saturated rings. The molecular formula is C20H26N2O. The highest BCUT2D eigenvalue weighted by Gasteiger charge is 2.12. The number of benzene rings is 2. The molecule has 0 bridgehead atoms. The van der Waals surface area contributed by atoms with E-state index in [1.165, 1.54) is 11.1 Å². The first-order valence-electron chi connectivity index (χ1n) is 8.10. The molecule has 122 valence electrons. The molecule has 0 aliphatic rings. The molecule has 0 saturated carbocycles. The topological polar surface area (TPSA) is 32.3 Å². The number of rotatable bonds is 6. The van der Waals surface area contributed by atoms with Gasteiger partial charge in [-0.3, -0.25) is 4.79 Å². The summed E-state index contributed by atoms with van der Waals surface area (Å²) in [5, 5.41) is 3.34. The SMILES string of the molecule is Cc1cccc(C(C)C)c1NCC(=O)N(C)Cc1ccccc1. The second-order valence-electron chi connectivity index (χ2n) is 6.28. The van der Waals surface area contributed by atoms with E-state index in [0.29, 0.717) is 19.0 Å². The molecule has 0 aliphatic heterocycles. The summed E-state index contributed by atoms with van der Waals surface area (Å²) < 4.78 is 0. The number of aryl methyl sites for hydroxylation is 1. The van der Waals surface area contributed by atoms with Crippen molar-refractivity contribution >= 4 is 11.6 Å². The predicted molar refractivity (Wildman–Crippen MR) is 96.7 cm³/mol. The number of nitrogens with one attached hydrogen (secondary N) is 1. The van der Waals surface area contributed by atoms with Crippen LogP contribution < -0.4 is 5.32 Å². The van der Waals surface area contributed by atoms with Crippen LogP contribution >= 0.6 is 0 Å². The van der Waals surface area contributed by atoms with Crippen molar-refractivity contribution in [3.05, 3.63) is 65.2 Å². The van der Waals surface area contributed by atoms with Gasteiger partial charge in [0.25, 0.3) is 0 Å². The molecule has 0 saturated heterocycles. The second-order valence-corrected chi connectivity index (χ2v) is 6.28. The molecular weight excluding hydrogens is 284 g/mol. The van der Waals surface area contributed by atoms with Gasteiger partial charge in [0.2, 0.25) is 5.91 Å². The van der Waals surface area contributed by atoms with Crippen LogP contribution in [0.5, 0.6) is 0 Å². The van der Waals surface area contributed by atoms with Gasteiger partial charge in [0, 0.05) is 19.3 Å². The van der Waals surface area contributed by atoms with Gasteiger partial charge in [-0.05, 0) is 29.5 Å². The van der Waals surface area contributed by atoms with Crippen molar-refractivity contribution in [2.24, 2.45) is 0 Å². The Bertz CT molecular complexity index is 650. The van der Waals surface area contributed by atoms with Crippen LogP contribution in [0.15, 0.2) is 48.5 Å². The number of carbonyl (C=O) groups is 1. The Labute approximate surface area is 139 Å². The summed E-state index contributed by atoms with van der Waals surface area (Å²) in [5.41, 5.74) is 4.66. The van der Waals surface area contributed by atoms with E-state index in [1.54, 1.807) is 4.90 Å². The average Bonchev–Trinajstić information content (AvgIpc) is 2.54. The monoisotopic (exact) mass is 310 g/mol. The summed E-state index contributed by atoms with van der Waals surface area (Å²) in [6.07, 6.45) is 0. The zero-order valence-corrected chi connectivity index (χ0v) is 14.5. The summed E-state index contributed by atoms with van der Waals surface area (Å²) in [5.74, 6) is 0.515. The van der Waals surface area contributed by atoms with Crippen LogP contribution in [0, 0.1) is 6.92 Å². The van der Waals surface area contributed by atoms with Gasteiger partial charge in [-0.2, -0.15) is 0 Å². The highest BCUT2D eigenvalue weighted by atomic mass is 16.2. The van der Waals surface area contributed by atoms with E-state index in [-0.39, 0.29) is 5.91 Å². The third-order valence-electron chi connectivity index (χ3n) is 4.03. The number of likely N-dealkylation sites (N-methyl/N-ethyl adjacent to an activating group) is 1. The van der Waals surface area contributed by atoms with Crippen LogP contribution in [0.25, 0.3) is 0 Å². The minimum Gasteiger partial charge on any atom is -0.376 e. The lowest BCUT2D eigenvalue weighted by atomic mass is 9.98. The molecule has 3 nitrogen and oxygen atoms in total. The molecule has 23 heavy (non-hydrogen) atoms. The number of carbonyl (C=O) groups excluding carboxylic acids is 1. The molecule has 0 atom stereocenters. The Kier molecular flexibility index (Phi) is 5.80. The quantitative estimate of drug-likeness (QED) is 0.867. The van der Waals surface area contributed by atoms with Gasteiger partial charge in [-0.25, -0.2) is 0 Å². The summed E-state index contributed by atoms with van der Waals surface area (Å²) in [4.78, 5) is 14.1. The minimum atomic E-state index is 0.0896. The van der Waals surface area contributed by atoms with Crippen molar-refractivity contribution in [2.75, 3.05) is 18.9 Å². The summed E-state index contributed by atoms with van der Waals surface area (Å²) in [6.45, 7) is 7.36. The molecule has 0 aromatic heterocycles. The fourth-order valence-corrected chi connectivity index (χ4v) is 2.66. The number of hydrogen-bond donors (Lipinski definition) is 1. The van der Waals surface area contributed by atoms with Crippen molar-refractivity contribution in [1.82, 2.24) is 4.90 Å². The summed E-state index contributed by atoms with van der Waals surface area (Å²) in [7, 11) is 1.85. The molecule has 2 aromatic carbocycles. The number of anilines is 1. The highest BCUT2D eigenvalue weighted by molar-refractivity contribution is 5.81. The molecule has 0 heterocycles. The normalized spacial score (nSPS) is 10.7. The van der Waals surface area contributed by atoms with Crippen molar-refractivity contribution in [1.29, 1.82) is 0 Å². The first-order valence-corrected chi connectivity index (χ1v) is 8.10. The third-order valence-corrected chi connectivity index (χ3v) is 4.03. The van der Waals surface area contributed by atoms with Gasteiger partial charge in [-0.1, -0.05) is 62.4 Å². The van der Waals surface area contributed by atoms with Crippen LogP contribution in [-0.2, 0) is 11.3 Å². The van der Waals surface area contributed by atoms with Crippen LogP contribution in [0.2, 0.25) is 0 Å². The maximum absolute atomic E-state index is 12.4. The largest absolute Gasteiger partial charge is 0.376 e.